The average Bonchev–Trinajstić information content (AvgIpc) is 1.80. The summed E-state index contributed by atoms with van der Waals surface area (Å²) < 4.78 is 0. The molecule has 0 bridgehead atoms. The fourth-order valence-corrected chi connectivity index (χ4v) is 0.420. The van der Waals surface area contributed by atoms with Gasteiger partial charge in [-0.05, 0) is 0 Å². The standard InChI is InChI=1S/C4H5N3O2.K.H/c5-2-1-6-4(9)7-3(2)8;;/h1H,5H2,(H2,6,7,8,9);;/q;+1;-1. The molecule has 1 rings (SSSR count). The molecule has 0 spiro atoms. The first-order valence-electron chi connectivity index (χ1n) is 2.27. The molecule has 10 heavy (non-hydrogen) atoms. The molecule has 0 radical (unpaired) electrons. The molecule has 50 valence electrons. The molecule has 6 heteroatoms. The van der Waals surface area contributed by atoms with E-state index < -0.39 is 11.2 Å². The molecule has 0 atom stereocenters. The molecule has 5 nitrogen and oxygen atoms in total. The number of hydrogen-bond donors (Lipinski definition) is 3. The van der Waals surface area contributed by atoms with E-state index in [9.17, 15) is 9.59 Å². The van der Waals surface area contributed by atoms with Gasteiger partial charge in [0.05, 0.1) is 0 Å². The summed E-state index contributed by atoms with van der Waals surface area (Å²) in [6, 6.07) is 0. The largest absolute Gasteiger partial charge is 1.00 e. The molecule has 0 aliphatic carbocycles. The van der Waals surface area contributed by atoms with Crippen molar-refractivity contribution in [1.29, 1.82) is 0 Å². The van der Waals surface area contributed by atoms with E-state index >= 15 is 0 Å². The molecule has 0 saturated heterocycles. The molecule has 0 aromatic carbocycles. The molecule has 0 unspecified atom stereocenters. The SMILES string of the molecule is Nc1c[nH]c(=O)[nH]c1=O.[H-].[K+]. The van der Waals surface area contributed by atoms with Gasteiger partial charge in [-0.15, -0.1) is 0 Å². The van der Waals surface area contributed by atoms with Crippen molar-refractivity contribution in [1.82, 2.24) is 9.97 Å². The summed E-state index contributed by atoms with van der Waals surface area (Å²) >= 11 is 0. The van der Waals surface area contributed by atoms with Gasteiger partial charge in [0.15, 0.2) is 0 Å². The molecule has 1 aromatic rings. The van der Waals surface area contributed by atoms with Crippen LogP contribution in [0.3, 0.4) is 0 Å². The maximum absolute atomic E-state index is 10.4. The van der Waals surface area contributed by atoms with Crippen molar-refractivity contribution in [2.24, 2.45) is 0 Å². The number of nitrogens with one attached hydrogen (secondary N) is 2. The van der Waals surface area contributed by atoms with Gasteiger partial charge < -0.3 is 12.1 Å². The summed E-state index contributed by atoms with van der Waals surface area (Å²) in [5, 5.41) is 0. The predicted molar refractivity (Wildman–Crippen MR) is 33.2 cm³/mol. The van der Waals surface area contributed by atoms with Crippen LogP contribution in [-0.4, -0.2) is 9.97 Å². The summed E-state index contributed by atoms with van der Waals surface area (Å²) in [5.41, 5.74) is 3.98. The number of nitrogens with two attached hydrogens (primary N) is 1. The van der Waals surface area contributed by atoms with Gasteiger partial charge in [-0.2, -0.15) is 0 Å². The molecule has 0 fully saturated rings. The second kappa shape index (κ2) is 4.09. The first kappa shape index (κ1) is 10.1. The molecule has 0 aliphatic heterocycles. The maximum Gasteiger partial charge on any atom is 1.00 e. The number of aromatic nitrogens is 2. The van der Waals surface area contributed by atoms with Crippen LogP contribution in [0, 0.1) is 0 Å². The fourth-order valence-electron chi connectivity index (χ4n) is 0.420. The first-order chi connectivity index (χ1) is 4.20. The van der Waals surface area contributed by atoms with Gasteiger partial charge >= 0.3 is 57.1 Å². The molecular formula is C4H6KN3O2. The van der Waals surface area contributed by atoms with Crippen molar-refractivity contribution in [3.63, 3.8) is 0 Å². The van der Waals surface area contributed by atoms with E-state index in [4.69, 9.17) is 5.73 Å². The van der Waals surface area contributed by atoms with Gasteiger partial charge in [0.2, 0.25) is 0 Å². The van der Waals surface area contributed by atoms with E-state index in [1.807, 2.05) is 4.98 Å². The fraction of sp³-hybridized carbons (Fsp3) is 0. The number of H-pyrrole nitrogens is 2. The van der Waals surface area contributed by atoms with Crippen molar-refractivity contribution >= 4 is 5.69 Å². The zero-order chi connectivity index (χ0) is 6.85. The van der Waals surface area contributed by atoms with Gasteiger partial charge in [-0.3, -0.25) is 9.78 Å². The van der Waals surface area contributed by atoms with E-state index in [1.54, 1.807) is 0 Å². The Labute approximate surface area is 99.9 Å². The van der Waals surface area contributed by atoms with Crippen LogP contribution in [0.15, 0.2) is 15.8 Å². The van der Waals surface area contributed by atoms with E-state index in [-0.39, 0.29) is 58.5 Å². The predicted octanol–water partition coefficient (Wildman–Crippen LogP) is -4.24. The number of aromatic amines is 2. The Morgan fingerprint density at radius 3 is 2.50 bits per heavy atom. The monoisotopic (exact) mass is 167 g/mol. The van der Waals surface area contributed by atoms with Crippen LogP contribution in [0.4, 0.5) is 5.69 Å². The van der Waals surface area contributed by atoms with Crippen LogP contribution in [-0.2, 0) is 0 Å². The topological polar surface area (TPSA) is 91.7 Å². The number of hydrogen-bond acceptors (Lipinski definition) is 3. The van der Waals surface area contributed by atoms with Gasteiger partial charge in [0, 0.05) is 6.20 Å². The number of rotatable bonds is 0. The summed E-state index contributed by atoms with van der Waals surface area (Å²) in [6.07, 6.45) is 1.15. The van der Waals surface area contributed by atoms with Crippen molar-refractivity contribution in [2.45, 2.75) is 0 Å². The summed E-state index contributed by atoms with van der Waals surface area (Å²) in [4.78, 5) is 24.9. The molecule has 4 N–H and O–H groups in total. The van der Waals surface area contributed by atoms with E-state index in [1.165, 1.54) is 0 Å². The van der Waals surface area contributed by atoms with Gasteiger partial charge in [-0.25, -0.2) is 4.79 Å². The smallest absolute Gasteiger partial charge is 1.00 e. The Kier molecular flexibility index (Phi) is 4.14. The van der Waals surface area contributed by atoms with Crippen LogP contribution in [0.5, 0.6) is 0 Å². The van der Waals surface area contributed by atoms with Gasteiger partial charge in [0.1, 0.15) is 5.69 Å². The zero-order valence-electron chi connectivity index (χ0n) is 6.47. The van der Waals surface area contributed by atoms with Crippen LogP contribution in [0.25, 0.3) is 0 Å². The van der Waals surface area contributed by atoms with E-state index in [0.717, 1.165) is 6.20 Å². The minimum atomic E-state index is -0.557. The third kappa shape index (κ3) is 2.39. The van der Waals surface area contributed by atoms with E-state index in [0.29, 0.717) is 0 Å². The molecule has 0 saturated carbocycles. The Bertz CT molecular complexity index is 320. The van der Waals surface area contributed by atoms with Crippen LogP contribution >= 0.6 is 0 Å². The molecule has 0 aliphatic rings. The summed E-state index contributed by atoms with van der Waals surface area (Å²) in [7, 11) is 0. The second-order valence-corrected chi connectivity index (χ2v) is 1.53. The Morgan fingerprint density at radius 1 is 1.50 bits per heavy atom. The van der Waals surface area contributed by atoms with Crippen LogP contribution in [0.1, 0.15) is 1.43 Å². The Hall–Kier alpha value is 0.116. The van der Waals surface area contributed by atoms with Crippen molar-refractivity contribution in [2.75, 3.05) is 5.73 Å². The summed E-state index contributed by atoms with van der Waals surface area (Å²) in [6.45, 7) is 0. The normalized spacial score (nSPS) is 8.40. The Balaban J connectivity index is 0. The van der Waals surface area contributed by atoms with Crippen LogP contribution in [0.2, 0.25) is 0 Å². The quantitative estimate of drug-likeness (QED) is 0.342. The average molecular weight is 167 g/mol. The number of nitrogen functional groups attached to an aromatic ring is 1. The second-order valence-electron chi connectivity index (χ2n) is 1.53. The van der Waals surface area contributed by atoms with Crippen LogP contribution < -0.4 is 68.4 Å². The molecular weight excluding hydrogens is 161 g/mol. The van der Waals surface area contributed by atoms with Crippen molar-refractivity contribution in [3.8, 4) is 0 Å². The zero-order valence-corrected chi connectivity index (χ0v) is 8.59. The molecule has 1 heterocycles. The minimum absolute atomic E-state index is 0. The third-order valence-corrected chi connectivity index (χ3v) is 0.848. The molecule has 1 aromatic heterocycles. The minimum Gasteiger partial charge on any atom is -1.00 e. The summed E-state index contributed by atoms with van der Waals surface area (Å²) in [5.74, 6) is 0. The maximum atomic E-state index is 10.4. The molecule has 0 amide bonds. The van der Waals surface area contributed by atoms with Crippen molar-refractivity contribution < 1.29 is 52.8 Å². The van der Waals surface area contributed by atoms with Crippen molar-refractivity contribution in [3.05, 3.63) is 27.0 Å². The third-order valence-electron chi connectivity index (χ3n) is 0.848. The number of anilines is 1. The van der Waals surface area contributed by atoms with Gasteiger partial charge in [0.25, 0.3) is 5.56 Å². The van der Waals surface area contributed by atoms with E-state index in [2.05, 4.69) is 4.98 Å². The Morgan fingerprint density at radius 2 is 2.10 bits per heavy atom. The van der Waals surface area contributed by atoms with Gasteiger partial charge in [-0.1, -0.05) is 0 Å². The first-order valence-corrected chi connectivity index (χ1v) is 2.27.